The van der Waals surface area contributed by atoms with E-state index >= 15 is 0 Å². The average molecular weight is 173 g/mol. The van der Waals surface area contributed by atoms with Crippen molar-refractivity contribution < 1.29 is 4.52 Å². The number of rotatable bonds is 2. The SMILES string of the molecule is CC(C)OP(C)(=S)Cl. The van der Waals surface area contributed by atoms with Crippen molar-refractivity contribution in [1.29, 1.82) is 0 Å². The lowest BCUT2D eigenvalue weighted by Crippen LogP contribution is -1.95. The summed E-state index contributed by atoms with van der Waals surface area (Å²) >= 11 is 10.4. The van der Waals surface area contributed by atoms with E-state index in [9.17, 15) is 0 Å². The normalized spacial score (nSPS) is 18.6. The number of halogens is 1. The predicted molar refractivity (Wildman–Crippen MR) is 42.3 cm³/mol. The fourth-order valence-corrected chi connectivity index (χ4v) is 2.12. The fraction of sp³-hybridized carbons (Fsp3) is 1.00. The predicted octanol–water partition coefficient (Wildman–Crippen LogP) is 2.59. The zero-order valence-electron chi connectivity index (χ0n) is 5.22. The molecular formula is C4H10ClOPS. The molecule has 0 rings (SSSR count). The number of hydrogen-bond acceptors (Lipinski definition) is 2. The Balaban J connectivity index is 3.56. The summed E-state index contributed by atoms with van der Waals surface area (Å²) in [5.41, 5.74) is -1.92. The van der Waals surface area contributed by atoms with Crippen LogP contribution in [0.3, 0.4) is 0 Å². The molecule has 0 aromatic carbocycles. The van der Waals surface area contributed by atoms with Gasteiger partial charge in [-0.15, -0.1) is 0 Å². The first-order chi connectivity index (χ1) is 3.42. The minimum Gasteiger partial charge on any atom is -0.335 e. The van der Waals surface area contributed by atoms with Crippen LogP contribution < -0.4 is 0 Å². The lowest BCUT2D eigenvalue weighted by atomic mass is 10.5. The largest absolute Gasteiger partial charge is 0.335 e. The summed E-state index contributed by atoms with van der Waals surface area (Å²) in [7, 11) is 0. The maximum absolute atomic E-state index is 5.63. The molecule has 0 radical (unpaired) electrons. The van der Waals surface area contributed by atoms with Crippen LogP contribution in [-0.4, -0.2) is 12.8 Å². The van der Waals surface area contributed by atoms with Gasteiger partial charge >= 0.3 is 0 Å². The quantitative estimate of drug-likeness (QED) is 0.593. The molecular weight excluding hydrogens is 163 g/mol. The van der Waals surface area contributed by atoms with Crippen molar-refractivity contribution in [2.75, 3.05) is 6.66 Å². The molecule has 0 spiro atoms. The molecule has 4 heteroatoms. The summed E-state index contributed by atoms with van der Waals surface area (Å²) in [6.07, 6.45) is 0.156. The van der Waals surface area contributed by atoms with Crippen LogP contribution in [0, 0.1) is 0 Å². The van der Waals surface area contributed by atoms with Gasteiger partial charge < -0.3 is 4.52 Å². The summed E-state index contributed by atoms with van der Waals surface area (Å²) in [6, 6.07) is 0. The van der Waals surface area contributed by atoms with Crippen LogP contribution in [0.5, 0.6) is 0 Å². The molecule has 0 fully saturated rings. The first kappa shape index (κ1) is 8.90. The molecule has 1 atom stereocenters. The van der Waals surface area contributed by atoms with Crippen LogP contribution in [0.15, 0.2) is 0 Å². The van der Waals surface area contributed by atoms with E-state index in [4.69, 9.17) is 27.6 Å². The van der Waals surface area contributed by atoms with Crippen LogP contribution >= 0.6 is 16.9 Å². The summed E-state index contributed by atoms with van der Waals surface area (Å²) in [5.74, 6) is 0. The van der Waals surface area contributed by atoms with Crippen molar-refractivity contribution in [3.63, 3.8) is 0 Å². The Bertz CT molecular complexity index is 109. The Kier molecular flexibility index (Phi) is 3.52. The third-order valence-corrected chi connectivity index (χ3v) is 1.69. The maximum Gasteiger partial charge on any atom is 0.148 e. The van der Waals surface area contributed by atoms with E-state index in [0.717, 1.165) is 0 Å². The molecule has 0 heterocycles. The lowest BCUT2D eigenvalue weighted by Gasteiger charge is -2.11. The van der Waals surface area contributed by atoms with E-state index in [1.807, 2.05) is 13.8 Å². The van der Waals surface area contributed by atoms with Crippen molar-refractivity contribution in [3.05, 3.63) is 0 Å². The standard InChI is InChI=1S/C4H10ClOPS/c1-4(2)6-7(3,5)8/h4H,1-3H3. The van der Waals surface area contributed by atoms with Gasteiger partial charge in [0.2, 0.25) is 0 Å². The topological polar surface area (TPSA) is 9.23 Å². The molecule has 0 aliphatic carbocycles. The number of hydrogen-bond donors (Lipinski definition) is 0. The van der Waals surface area contributed by atoms with Crippen molar-refractivity contribution in [3.8, 4) is 0 Å². The summed E-state index contributed by atoms with van der Waals surface area (Å²) in [4.78, 5) is 0. The molecule has 0 saturated heterocycles. The van der Waals surface area contributed by atoms with E-state index in [-0.39, 0.29) is 6.10 Å². The van der Waals surface area contributed by atoms with Crippen molar-refractivity contribution in [2.24, 2.45) is 0 Å². The van der Waals surface area contributed by atoms with Crippen LogP contribution in [0.2, 0.25) is 0 Å². The van der Waals surface area contributed by atoms with Gasteiger partial charge in [-0.05, 0) is 13.8 Å². The molecule has 1 nitrogen and oxygen atoms in total. The van der Waals surface area contributed by atoms with Crippen LogP contribution in [-0.2, 0) is 16.3 Å². The van der Waals surface area contributed by atoms with E-state index < -0.39 is 5.62 Å². The summed E-state index contributed by atoms with van der Waals surface area (Å²) in [5, 5.41) is 0. The molecule has 0 bridgehead atoms. The minimum atomic E-state index is -1.92. The monoisotopic (exact) mass is 172 g/mol. The van der Waals surface area contributed by atoms with Gasteiger partial charge in [0.15, 0.2) is 0 Å². The Morgan fingerprint density at radius 2 is 2.00 bits per heavy atom. The van der Waals surface area contributed by atoms with E-state index in [0.29, 0.717) is 0 Å². The summed E-state index contributed by atoms with van der Waals surface area (Å²) < 4.78 is 5.13. The van der Waals surface area contributed by atoms with E-state index in [1.165, 1.54) is 0 Å². The van der Waals surface area contributed by atoms with Gasteiger partial charge in [-0.1, -0.05) is 23.0 Å². The van der Waals surface area contributed by atoms with E-state index in [1.54, 1.807) is 6.66 Å². The second kappa shape index (κ2) is 3.17. The van der Waals surface area contributed by atoms with Gasteiger partial charge in [0.25, 0.3) is 0 Å². The third-order valence-electron chi connectivity index (χ3n) is 0.399. The fourth-order valence-electron chi connectivity index (χ4n) is 0.377. The first-order valence-corrected chi connectivity index (χ1v) is 6.44. The average Bonchev–Trinajstić information content (AvgIpc) is 1.21. The Morgan fingerprint density at radius 3 is 2.00 bits per heavy atom. The third kappa shape index (κ3) is 6.90. The molecule has 50 valence electrons. The van der Waals surface area contributed by atoms with Crippen LogP contribution in [0.4, 0.5) is 0 Å². The highest BCUT2D eigenvalue weighted by molar-refractivity contribution is 8.24. The van der Waals surface area contributed by atoms with Gasteiger partial charge in [-0.25, -0.2) is 0 Å². The molecule has 1 unspecified atom stereocenters. The van der Waals surface area contributed by atoms with E-state index in [2.05, 4.69) is 0 Å². The molecule has 0 aliphatic heterocycles. The van der Waals surface area contributed by atoms with Gasteiger partial charge in [0.1, 0.15) is 5.62 Å². The van der Waals surface area contributed by atoms with Gasteiger partial charge in [-0.3, -0.25) is 0 Å². The smallest absolute Gasteiger partial charge is 0.148 e. The minimum absolute atomic E-state index is 0.156. The van der Waals surface area contributed by atoms with Gasteiger partial charge in [-0.2, -0.15) is 0 Å². The molecule has 0 saturated carbocycles. The van der Waals surface area contributed by atoms with Crippen molar-refractivity contribution in [2.45, 2.75) is 20.0 Å². The molecule has 0 aromatic heterocycles. The Morgan fingerprint density at radius 1 is 1.62 bits per heavy atom. The highest BCUT2D eigenvalue weighted by atomic mass is 35.7. The molecule has 0 aromatic rings. The highest BCUT2D eigenvalue weighted by Crippen LogP contribution is 2.49. The molecule has 8 heavy (non-hydrogen) atoms. The van der Waals surface area contributed by atoms with Crippen molar-refractivity contribution >= 4 is 28.7 Å². The second-order valence-corrected chi connectivity index (χ2v) is 8.23. The van der Waals surface area contributed by atoms with Gasteiger partial charge in [0.05, 0.1) is 6.10 Å². The maximum atomic E-state index is 5.63. The van der Waals surface area contributed by atoms with Crippen LogP contribution in [0.25, 0.3) is 0 Å². The molecule has 0 aliphatic rings. The zero-order chi connectivity index (χ0) is 6.78. The first-order valence-electron chi connectivity index (χ1n) is 2.37. The second-order valence-electron chi connectivity index (χ2n) is 1.90. The molecule has 0 N–H and O–H groups in total. The molecule has 0 amide bonds. The van der Waals surface area contributed by atoms with Crippen molar-refractivity contribution in [1.82, 2.24) is 0 Å². The Labute approximate surface area is 60.2 Å². The highest BCUT2D eigenvalue weighted by Gasteiger charge is 2.06. The lowest BCUT2D eigenvalue weighted by molar-refractivity contribution is 0.277. The Hall–Kier alpha value is 0.900. The van der Waals surface area contributed by atoms with Crippen LogP contribution in [0.1, 0.15) is 13.8 Å². The van der Waals surface area contributed by atoms with Gasteiger partial charge in [0, 0.05) is 6.66 Å². The zero-order valence-corrected chi connectivity index (χ0v) is 7.69. The summed E-state index contributed by atoms with van der Waals surface area (Å²) in [6.45, 7) is 5.60.